The number of pyridine rings is 1. The quantitative estimate of drug-likeness (QED) is 0.585. The third-order valence-electron chi connectivity index (χ3n) is 4.19. The molecule has 0 aliphatic carbocycles. The van der Waals surface area contributed by atoms with Crippen LogP contribution in [0.1, 0.15) is 24.8 Å². The summed E-state index contributed by atoms with van der Waals surface area (Å²) >= 11 is 0. The molecule has 0 bridgehead atoms. The van der Waals surface area contributed by atoms with Gasteiger partial charge in [-0.25, -0.2) is 4.98 Å². The molecule has 6 heteroatoms. The van der Waals surface area contributed by atoms with Gasteiger partial charge in [0, 0.05) is 32.7 Å². The van der Waals surface area contributed by atoms with Crippen LogP contribution in [-0.2, 0) is 9.53 Å². The average molecular weight is 331 g/mol. The first-order valence-electron chi connectivity index (χ1n) is 8.15. The topological polar surface area (TPSA) is 72.8 Å². The average Bonchev–Trinajstić information content (AvgIpc) is 2.62. The van der Waals surface area contributed by atoms with Gasteiger partial charge in [-0.05, 0) is 37.3 Å². The van der Waals surface area contributed by atoms with E-state index in [0.29, 0.717) is 17.5 Å². The monoisotopic (exact) mass is 331 g/mol. The maximum atomic E-state index is 12.3. The molecule has 24 heavy (non-hydrogen) atoms. The zero-order chi connectivity index (χ0) is 17.4. The van der Waals surface area contributed by atoms with Crippen LogP contribution in [0.25, 0.3) is 0 Å². The van der Waals surface area contributed by atoms with Crippen molar-refractivity contribution in [1.29, 1.82) is 0 Å². The molecule has 1 atom stereocenters. The third-order valence-corrected chi connectivity index (χ3v) is 4.19. The van der Waals surface area contributed by atoms with Gasteiger partial charge in [0.1, 0.15) is 11.6 Å². The lowest BCUT2D eigenvalue weighted by Gasteiger charge is -2.26. The van der Waals surface area contributed by atoms with E-state index in [0.717, 1.165) is 38.0 Å². The normalized spacial score (nSPS) is 16.8. The Bertz CT molecular complexity index is 595. The first kappa shape index (κ1) is 18.1. The summed E-state index contributed by atoms with van der Waals surface area (Å²) in [4.78, 5) is 20.7. The maximum Gasteiger partial charge on any atom is 0.177 e. The molecule has 1 fully saturated rings. The van der Waals surface area contributed by atoms with Gasteiger partial charge < -0.3 is 14.8 Å². The predicted octanol–water partition coefficient (Wildman–Crippen LogP) is 2.49. The minimum atomic E-state index is -0.366. The van der Waals surface area contributed by atoms with Gasteiger partial charge in [-0.2, -0.15) is 0 Å². The molecule has 0 spiro atoms. The molecule has 1 aliphatic heterocycles. The zero-order valence-corrected chi connectivity index (χ0v) is 14.3. The predicted molar refractivity (Wildman–Crippen MR) is 95.1 cm³/mol. The van der Waals surface area contributed by atoms with Crippen molar-refractivity contribution < 1.29 is 14.3 Å². The van der Waals surface area contributed by atoms with Crippen molar-refractivity contribution in [3.63, 3.8) is 0 Å². The van der Waals surface area contributed by atoms with Gasteiger partial charge in [0.2, 0.25) is 0 Å². The lowest BCUT2D eigenvalue weighted by molar-refractivity contribution is -0.115. The summed E-state index contributed by atoms with van der Waals surface area (Å²) in [5.74, 6) is 1.67. The van der Waals surface area contributed by atoms with Crippen LogP contribution < -0.4 is 10.1 Å². The number of carbonyl (C=O) groups is 1. The van der Waals surface area contributed by atoms with E-state index < -0.39 is 0 Å². The van der Waals surface area contributed by atoms with E-state index in [4.69, 9.17) is 9.47 Å². The number of nitrogens with zero attached hydrogens (tertiary/aromatic N) is 2. The summed E-state index contributed by atoms with van der Waals surface area (Å²) < 4.78 is 10.8. The molecule has 0 saturated carbocycles. The summed E-state index contributed by atoms with van der Waals surface area (Å²) in [6.45, 7) is 5.13. The van der Waals surface area contributed by atoms with Crippen LogP contribution in [0.5, 0.6) is 5.75 Å². The molecular weight excluding hydrogens is 306 g/mol. The van der Waals surface area contributed by atoms with Gasteiger partial charge in [0.05, 0.1) is 18.7 Å². The number of nitrogens with one attached hydrogen (secondary N) is 1. The number of carbonyl (C=O) groups excluding carboxylic acids is 1. The van der Waals surface area contributed by atoms with Crippen molar-refractivity contribution in [2.45, 2.75) is 25.3 Å². The fourth-order valence-corrected chi connectivity index (χ4v) is 2.87. The second-order valence-corrected chi connectivity index (χ2v) is 5.76. The van der Waals surface area contributed by atoms with Crippen molar-refractivity contribution in [3.8, 4) is 5.75 Å². The number of hydrogen-bond donors (Lipinski definition) is 1. The van der Waals surface area contributed by atoms with E-state index in [-0.39, 0.29) is 11.8 Å². The van der Waals surface area contributed by atoms with Crippen molar-refractivity contribution >= 4 is 17.8 Å². The van der Waals surface area contributed by atoms with Gasteiger partial charge in [0.15, 0.2) is 5.78 Å². The largest absolute Gasteiger partial charge is 0.496 e. The van der Waals surface area contributed by atoms with Crippen LogP contribution in [-0.4, -0.2) is 50.4 Å². The number of anilines is 1. The van der Waals surface area contributed by atoms with Crippen LogP contribution in [0.15, 0.2) is 29.9 Å². The Morgan fingerprint density at radius 1 is 1.58 bits per heavy atom. The minimum absolute atomic E-state index is 0.0366. The molecule has 0 radical (unpaired) electrons. The fraction of sp³-hybridized carbons (Fsp3) is 0.500. The minimum Gasteiger partial charge on any atom is -0.496 e. The Kier molecular flexibility index (Phi) is 6.93. The third kappa shape index (κ3) is 4.64. The Morgan fingerprint density at radius 3 is 2.96 bits per heavy atom. The molecule has 6 nitrogen and oxygen atoms in total. The second-order valence-electron chi connectivity index (χ2n) is 5.76. The summed E-state index contributed by atoms with van der Waals surface area (Å²) in [7, 11) is 3.28. The van der Waals surface area contributed by atoms with E-state index in [9.17, 15) is 4.79 Å². The SMILES string of the molecule is C=CC(=O)C(CC1CCOCC1)Nc1nccc(OC)c1C=NC. The number of aromatic nitrogens is 1. The molecule has 1 N–H and O–H groups in total. The Morgan fingerprint density at radius 2 is 2.33 bits per heavy atom. The molecule has 2 heterocycles. The summed E-state index contributed by atoms with van der Waals surface area (Å²) in [5.41, 5.74) is 0.733. The van der Waals surface area contributed by atoms with Gasteiger partial charge in [-0.15, -0.1) is 0 Å². The van der Waals surface area contributed by atoms with E-state index in [2.05, 4.69) is 21.9 Å². The molecule has 2 rings (SSSR count). The molecule has 1 unspecified atom stereocenters. The van der Waals surface area contributed by atoms with Crippen LogP contribution in [0, 0.1) is 5.92 Å². The maximum absolute atomic E-state index is 12.3. The summed E-state index contributed by atoms with van der Waals surface area (Å²) in [6, 6.07) is 1.40. The second kappa shape index (κ2) is 9.17. The van der Waals surface area contributed by atoms with E-state index in [1.165, 1.54) is 6.08 Å². The highest BCUT2D eigenvalue weighted by molar-refractivity contribution is 5.97. The van der Waals surface area contributed by atoms with Crippen LogP contribution in [0.2, 0.25) is 0 Å². The number of ketones is 1. The number of hydrogen-bond acceptors (Lipinski definition) is 6. The van der Waals surface area contributed by atoms with E-state index in [1.54, 1.807) is 32.6 Å². The van der Waals surface area contributed by atoms with Crippen molar-refractivity contribution in [2.24, 2.45) is 10.9 Å². The fourth-order valence-electron chi connectivity index (χ4n) is 2.87. The highest BCUT2D eigenvalue weighted by Crippen LogP contribution is 2.26. The molecular formula is C18H25N3O3. The van der Waals surface area contributed by atoms with E-state index >= 15 is 0 Å². The molecule has 0 amide bonds. The smallest absolute Gasteiger partial charge is 0.177 e. The molecule has 1 aromatic rings. The highest BCUT2D eigenvalue weighted by Gasteiger charge is 2.24. The lowest BCUT2D eigenvalue weighted by atomic mass is 9.90. The number of aliphatic imine (C=N–C) groups is 1. The van der Waals surface area contributed by atoms with Crippen LogP contribution in [0.3, 0.4) is 0 Å². The molecule has 1 saturated heterocycles. The Hall–Kier alpha value is -2.21. The Labute approximate surface area is 143 Å². The van der Waals surface area contributed by atoms with Crippen molar-refractivity contribution in [1.82, 2.24) is 4.98 Å². The number of methoxy groups -OCH3 is 1. The standard InChI is InChI=1S/C18H25N3O3/c1-4-16(22)15(11-13-6-9-24-10-7-13)21-18-14(12-19-2)17(23-3)5-8-20-18/h4-5,8,12-13,15H,1,6-7,9-11H2,2-3H3,(H,20,21). The summed E-state index contributed by atoms with van der Waals surface area (Å²) in [5, 5.41) is 3.26. The van der Waals surface area contributed by atoms with Crippen LogP contribution in [0.4, 0.5) is 5.82 Å². The first-order valence-corrected chi connectivity index (χ1v) is 8.15. The molecule has 1 aliphatic rings. The van der Waals surface area contributed by atoms with Crippen molar-refractivity contribution in [3.05, 3.63) is 30.5 Å². The zero-order valence-electron chi connectivity index (χ0n) is 14.3. The van der Waals surface area contributed by atoms with Crippen molar-refractivity contribution in [2.75, 3.05) is 32.7 Å². The summed E-state index contributed by atoms with van der Waals surface area (Å²) in [6.07, 6.45) is 7.37. The molecule has 1 aromatic heterocycles. The number of ether oxygens (including phenoxy) is 2. The highest BCUT2D eigenvalue weighted by atomic mass is 16.5. The molecule has 130 valence electrons. The Balaban J connectivity index is 2.22. The first-order chi connectivity index (χ1) is 11.7. The number of rotatable bonds is 8. The van der Waals surface area contributed by atoms with E-state index in [1.807, 2.05) is 0 Å². The van der Waals surface area contributed by atoms with Crippen LogP contribution >= 0.6 is 0 Å². The van der Waals surface area contributed by atoms with Gasteiger partial charge in [0.25, 0.3) is 0 Å². The van der Waals surface area contributed by atoms with Gasteiger partial charge in [-0.3, -0.25) is 9.79 Å². The van der Waals surface area contributed by atoms with Gasteiger partial charge in [-0.1, -0.05) is 6.58 Å². The van der Waals surface area contributed by atoms with Gasteiger partial charge >= 0.3 is 0 Å². The molecule has 0 aromatic carbocycles. The lowest BCUT2D eigenvalue weighted by Crippen LogP contribution is -2.33.